The molecule has 6 rings (SSSR count). The minimum Gasteiger partial charge on any atom is -0.335 e. The van der Waals surface area contributed by atoms with E-state index >= 15 is 0 Å². The van der Waals surface area contributed by atoms with Crippen LogP contribution in [0, 0.1) is 0 Å². The lowest BCUT2D eigenvalue weighted by atomic mass is 10.1. The maximum atomic E-state index is 4.86. The number of aromatic amines is 2. The molecular weight excluding hydrogens is 376 g/mol. The van der Waals surface area contributed by atoms with Crippen molar-refractivity contribution < 1.29 is 0 Å². The second-order valence-corrected chi connectivity index (χ2v) is 6.83. The largest absolute Gasteiger partial charge is 0.335 e. The Morgan fingerprint density at radius 2 is 1.50 bits per heavy atom. The van der Waals surface area contributed by atoms with Gasteiger partial charge >= 0.3 is 0 Å². The first-order valence-corrected chi connectivity index (χ1v) is 9.36. The molecular formula is C22H14N8. The smallest absolute Gasteiger partial charge is 0.159 e. The molecule has 8 nitrogen and oxygen atoms in total. The number of hydrogen-bond donors (Lipinski definition) is 2. The quantitative estimate of drug-likeness (QED) is 0.472. The van der Waals surface area contributed by atoms with E-state index in [4.69, 9.17) is 4.98 Å². The van der Waals surface area contributed by atoms with Gasteiger partial charge in [-0.2, -0.15) is 5.10 Å². The summed E-state index contributed by atoms with van der Waals surface area (Å²) in [5.74, 6) is 0.673. The Labute approximate surface area is 170 Å². The van der Waals surface area contributed by atoms with Crippen LogP contribution in [0.4, 0.5) is 0 Å². The van der Waals surface area contributed by atoms with E-state index in [0.29, 0.717) is 5.82 Å². The van der Waals surface area contributed by atoms with Crippen molar-refractivity contribution in [2.75, 3.05) is 0 Å². The molecule has 0 spiro atoms. The van der Waals surface area contributed by atoms with Crippen molar-refractivity contribution in [2.45, 2.75) is 0 Å². The molecule has 0 bridgehead atoms. The van der Waals surface area contributed by atoms with Crippen molar-refractivity contribution in [3.8, 4) is 33.9 Å². The number of aromatic nitrogens is 8. The minimum absolute atomic E-state index is 0.673. The average Bonchev–Trinajstić information content (AvgIpc) is 3.43. The van der Waals surface area contributed by atoms with Crippen molar-refractivity contribution in [1.29, 1.82) is 0 Å². The van der Waals surface area contributed by atoms with Gasteiger partial charge in [0.2, 0.25) is 0 Å². The Kier molecular flexibility index (Phi) is 3.60. The number of fused-ring (bicyclic) bond motifs is 2. The molecule has 6 aromatic heterocycles. The van der Waals surface area contributed by atoms with E-state index in [1.54, 1.807) is 37.2 Å². The van der Waals surface area contributed by atoms with Gasteiger partial charge in [0.25, 0.3) is 0 Å². The molecule has 0 amide bonds. The summed E-state index contributed by atoms with van der Waals surface area (Å²) in [5, 5.41) is 8.48. The molecule has 142 valence electrons. The Bertz CT molecular complexity index is 1490. The van der Waals surface area contributed by atoms with Crippen LogP contribution in [0.15, 0.2) is 73.7 Å². The molecule has 0 saturated carbocycles. The summed E-state index contributed by atoms with van der Waals surface area (Å²) < 4.78 is 0. The number of hydrogen-bond acceptors (Lipinski definition) is 6. The van der Waals surface area contributed by atoms with E-state index in [9.17, 15) is 0 Å². The zero-order valence-electron chi connectivity index (χ0n) is 15.6. The molecule has 0 aliphatic carbocycles. The summed E-state index contributed by atoms with van der Waals surface area (Å²) in [6.45, 7) is 0. The van der Waals surface area contributed by atoms with Gasteiger partial charge < -0.3 is 4.98 Å². The summed E-state index contributed by atoms with van der Waals surface area (Å²) in [4.78, 5) is 25.3. The molecule has 30 heavy (non-hydrogen) atoms. The highest BCUT2D eigenvalue weighted by molar-refractivity contribution is 5.97. The highest BCUT2D eigenvalue weighted by atomic mass is 15.1. The minimum atomic E-state index is 0.673. The number of H-pyrrole nitrogens is 2. The Balaban J connectivity index is 1.52. The Morgan fingerprint density at radius 3 is 2.30 bits per heavy atom. The van der Waals surface area contributed by atoms with Crippen LogP contribution in [0.25, 0.3) is 55.8 Å². The molecule has 0 aromatic carbocycles. The van der Waals surface area contributed by atoms with Gasteiger partial charge in [-0.25, -0.2) is 4.98 Å². The lowest BCUT2D eigenvalue weighted by Gasteiger charge is -2.00. The molecule has 0 unspecified atom stereocenters. The number of rotatable bonds is 3. The standard InChI is InChI=1S/C22H14N8/c1-5-23-6-2-13(1)16-10-25-11-19-20(16)28-22(27-19)21-15-9-17(14-3-7-24-8-4-14)26-12-18(15)29-30-21/h1-12H,(H,27,28)(H,29,30). The van der Waals surface area contributed by atoms with Gasteiger partial charge in [0.1, 0.15) is 5.69 Å². The van der Waals surface area contributed by atoms with E-state index in [2.05, 4.69) is 35.1 Å². The van der Waals surface area contributed by atoms with Crippen LogP contribution < -0.4 is 0 Å². The van der Waals surface area contributed by atoms with Crippen molar-refractivity contribution in [2.24, 2.45) is 0 Å². The number of nitrogens with zero attached hydrogens (tertiary/aromatic N) is 6. The normalized spacial score (nSPS) is 11.3. The first-order chi connectivity index (χ1) is 14.9. The Morgan fingerprint density at radius 1 is 0.733 bits per heavy atom. The second kappa shape index (κ2) is 6.56. The van der Waals surface area contributed by atoms with Crippen LogP contribution in [0.3, 0.4) is 0 Å². The lowest BCUT2D eigenvalue weighted by molar-refractivity contribution is 1.10. The third-order valence-corrected chi connectivity index (χ3v) is 5.03. The van der Waals surface area contributed by atoms with Crippen LogP contribution >= 0.6 is 0 Å². The highest BCUT2D eigenvalue weighted by Crippen LogP contribution is 2.31. The van der Waals surface area contributed by atoms with E-state index < -0.39 is 0 Å². The van der Waals surface area contributed by atoms with Crippen molar-refractivity contribution >= 4 is 21.9 Å². The molecule has 0 aliphatic heterocycles. The first kappa shape index (κ1) is 16.5. The summed E-state index contributed by atoms with van der Waals surface area (Å²) in [6, 6.07) is 9.77. The van der Waals surface area contributed by atoms with Gasteiger partial charge in [-0.3, -0.25) is 25.0 Å². The molecule has 8 heteroatoms. The van der Waals surface area contributed by atoms with E-state index in [1.165, 1.54) is 0 Å². The van der Waals surface area contributed by atoms with Crippen LogP contribution in [0.5, 0.6) is 0 Å². The van der Waals surface area contributed by atoms with E-state index in [-0.39, 0.29) is 0 Å². The molecule has 0 fully saturated rings. The van der Waals surface area contributed by atoms with Crippen molar-refractivity contribution in [3.05, 3.63) is 73.7 Å². The molecule has 0 aliphatic rings. The Hall–Kier alpha value is -4.46. The van der Waals surface area contributed by atoms with Gasteiger partial charge in [-0.1, -0.05) is 0 Å². The third kappa shape index (κ3) is 2.62. The fourth-order valence-corrected chi connectivity index (χ4v) is 3.57. The fourth-order valence-electron chi connectivity index (χ4n) is 3.57. The average molecular weight is 390 g/mol. The lowest BCUT2D eigenvalue weighted by Crippen LogP contribution is -1.85. The summed E-state index contributed by atoms with van der Waals surface area (Å²) in [6.07, 6.45) is 12.4. The zero-order chi connectivity index (χ0) is 19.9. The molecule has 6 heterocycles. The third-order valence-electron chi connectivity index (χ3n) is 5.03. The van der Waals surface area contributed by atoms with Crippen molar-refractivity contribution in [3.63, 3.8) is 0 Å². The fraction of sp³-hybridized carbons (Fsp3) is 0. The van der Waals surface area contributed by atoms with Crippen LogP contribution in [0.2, 0.25) is 0 Å². The van der Waals surface area contributed by atoms with Gasteiger partial charge in [0.05, 0.1) is 34.6 Å². The summed E-state index contributed by atoms with van der Waals surface area (Å²) in [7, 11) is 0. The molecule has 6 aromatic rings. The van der Waals surface area contributed by atoms with Gasteiger partial charge in [0, 0.05) is 47.5 Å². The maximum absolute atomic E-state index is 4.86. The van der Waals surface area contributed by atoms with Crippen LogP contribution in [-0.2, 0) is 0 Å². The monoisotopic (exact) mass is 390 g/mol. The number of pyridine rings is 4. The summed E-state index contributed by atoms with van der Waals surface area (Å²) in [5.41, 5.74) is 7.06. The zero-order valence-corrected chi connectivity index (χ0v) is 15.6. The maximum Gasteiger partial charge on any atom is 0.159 e. The molecule has 0 atom stereocenters. The predicted octanol–water partition coefficient (Wildman–Crippen LogP) is 4.02. The van der Waals surface area contributed by atoms with E-state index in [0.717, 1.165) is 50.0 Å². The van der Waals surface area contributed by atoms with Gasteiger partial charge in [-0.15, -0.1) is 0 Å². The predicted molar refractivity (Wildman–Crippen MR) is 113 cm³/mol. The van der Waals surface area contributed by atoms with Gasteiger partial charge in [0.15, 0.2) is 5.82 Å². The van der Waals surface area contributed by atoms with Gasteiger partial charge in [-0.05, 0) is 35.9 Å². The summed E-state index contributed by atoms with van der Waals surface area (Å²) >= 11 is 0. The number of nitrogens with one attached hydrogen (secondary N) is 2. The first-order valence-electron chi connectivity index (χ1n) is 9.36. The highest BCUT2D eigenvalue weighted by Gasteiger charge is 2.16. The van der Waals surface area contributed by atoms with E-state index in [1.807, 2.05) is 36.5 Å². The van der Waals surface area contributed by atoms with Crippen LogP contribution in [-0.4, -0.2) is 40.1 Å². The van der Waals surface area contributed by atoms with Crippen LogP contribution in [0.1, 0.15) is 0 Å². The number of imidazole rings is 1. The molecule has 0 radical (unpaired) electrons. The topological polar surface area (TPSA) is 109 Å². The second-order valence-electron chi connectivity index (χ2n) is 6.83. The van der Waals surface area contributed by atoms with Crippen molar-refractivity contribution in [1.82, 2.24) is 40.1 Å². The SMILES string of the molecule is c1cc(-c2cc3c(-c4nc5c(-c6ccncc6)cncc5[nH]4)n[nH]c3cn2)ccn1. The molecule has 0 saturated heterocycles. The molecule has 2 N–H and O–H groups in total.